The van der Waals surface area contributed by atoms with Crippen molar-refractivity contribution in [2.75, 3.05) is 19.1 Å². The number of aliphatic imine (C=N–C) groups is 1. The molecule has 0 spiro atoms. The molecule has 3 rings (SSSR count). The van der Waals surface area contributed by atoms with Crippen LogP contribution in [0.3, 0.4) is 0 Å². The van der Waals surface area contributed by atoms with Gasteiger partial charge >= 0.3 is 0 Å². The lowest BCUT2D eigenvalue weighted by molar-refractivity contribution is 0.101. The molecular formula is C23H26N2O2. The van der Waals surface area contributed by atoms with Crippen molar-refractivity contribution in [2.24, 2.45) is 4.99 Å². The van der Waals surface area contributed by atoms with Gasteiger partial charge in [0.05, 0.1) is 18.3 Å². The molecule has 0 amide bonds. The van der Waals surface area contributed by atoms with E-state index in [-0.39, 0.29) is 11.3 Å². The number of carbonyl (C=O) groups excluding carboxylic acids is 1. The summed E-state index contributed by atoms with van der Waals surface area (Å²) in [5.41, 5.74) is 5.95. The molecule has 2 aromatic rings. The molecule has 2 aromatic carbocycles. The van der Waals surface area contributed by atoms with Crippen LogP contribution in [0.5, 0.6) is 5.75 Å². The first kappa shape index (κ1) is 18.9. The number of rotatable bonds is 4. The Balaban J connectivity index is 1.99. The molecule has 1 aliphatic rings. The number of carbonyl (C=O) groups is 1. The third-order valence-corrected chi connectivity index (χ3v) is 5.19. The van der Waals surface area contributed by atoms with Gasteiger partial charge in [-0.15, -0.1) is 0 Å². The Bertz CT molecular complexity index is 938. The van der Waals surface area contributed by atoms with Crippen LogP contribution in [0.4, 0.5) is 11.4 Å². The number of likely N-dealkylation sites (N-methyl/N-ethyl adjacent to an activating group) is 1. The van der Waals surface area contributed by atoms with E-state index in [1.807, 2.05) is 18.3 Å². The number of anilines is 1. The average Bonchev–Trinajstić information content (AvgIpc) is 2.64. The number of allylic oxidation sites excluding steroid dienone is 1. The van der Waals surface area contributed by atoms with Gasteiger partial charge in [-0.2, -0.15) is 0 Å². The number of fused-ring (bicyclic) bond motifs is 1. The van der Waals surface area contributed by atoms with Crippen molar-refractivity contribution in [1.82, 2.24) is 0 Å². The zero-order valence-corrected chi connectivity index (χ0v) is 16.8. The van der Waals surface area contributed by atoms with E-state index < -0.39 is 0 Å². The third kappa shape index (κ3) is 3.65. The molecule has 0 radical (unpaired) electrons. The highest BCUT2D eigenvalue weighted by atomic mass is 16.5. The first-order valence-electron chi connectivity index (χ1n) is 9.03. The van der Waals surface area contributed by atoms with Crippen molar-refractivity contribution in [1.29, 1.82) is 0 Å². The highest BCUT2D eigenvalue weighted by molar-refractivity contribution is 5.95. The fourth-order valence-electron chi connectivity index (χ4n) is 3.40. The second-order valence-electron chi connectivity index (χ2n) is 7.51. The Morgan fingerprint density at radius 1 is 1.19 bits per heavy atom. The maximum atomic E-state index is 11.4. The number of Topliss-reactive ketones (excluding diaryl/α,β-unsaturated/α-hetero) is 1. The number of ether oxygens (including phenoxy) is 1. The summed E-state index contributed by atoms with van der Waals surface area (Å²) in [6.07, 6.45) is 4.10. The summed E-state index contributed by atoms with van der Waals surface area (Å²) in [6, 6.07) is 11.5. The number of nitrogens with zero attached hydrogens (tertiary/aromatic N) is 2. The molecular weight excluding hydrogens is 336 g/mol. The van der Waals surface area contributed by atoms with Gasteiger partial charge in [0.15, 0.2) is 5.78 Å². The molecule has 1 aliphatic heterocycles. The average molecular weight is 362 g/mol. The van der Waals surface area contributed by atoms with Crippen molar-refractivity contribution in [3.05, 3.63) is 59.2 Å². The molecule has 0 bridgehead atoms. The predicted molar refractivity (Wildman–Crippen MR) is 113 cm³/mol. The number of methoxy groups -OCH3 is 1. The number of ketones is 1. The van der Waals surface area contributed by atoms with Crippen molar-refractivity contribution >= 4 is 28.9 Å². The van der Waals surface area contributed by atoms with E-state index in [9.17, 15) is 4.79 Å². The fourth-order valence-corrected chi connectivity index (χ4v) is 3.40. The smallest absolute Gasteiger partial charge is 0.159 e. The Hall–Kier alpha value is -2.88. The van der Waals surface area contributed by atoms with Crippen molar-refractivity contribution < 1.29 is 9.53 Å². The van der Waals surface area contributed by atoms with Crippen LogP contribution in [-0.4, -0.2) is 31.7 Å². The second-order valence-corrected chi connectivity index (χ2v) is 7.51. The molecule has 0 fully saturated rings. The van der Waals surface area contributed by atoms with Gasteiger partial charge in [0.2, 0.25) is 0 Å². The molecule has 1 heterocycles. The fraction of sp³-hybridized carbons (Fsp3) is 0.304. The van der Waals surface area contributed by atoms with Gasteiger partial charge in [-0.25, -0.2) is 0 Å². The van der Waals surface area contributed by atoms with Crippen LogP contribution >= 0.6 is 0 Å². The summed E-state index contributed by atoms with van der Waals surface area (Å²) in [7, 11) is 3.78. The van der Waals surface area contributed by atoms with E-state index in [4.69, 9.17) is 4.74 Å². The zero-order chi connectivity index (χ0) is 19.8. The molecule has 0 atom stereocenters. The summed E-state index contributed by atoms with van der Waals surface area (Å²) in [4.78, 5) is 18.2. The molecule has 4 nitrogen and oxygen atoms in total. The van der Waals surface area contributed by atoms with Gasteiger partial charge < -0.3 is 9.64 Å². The summed E-state index contributed by atoms with van der Waals surface area (Å²) >= 11 is 0. The molecule has 0 aromatic heterocycles. The summed E-state index contributed by atoms with van der Waals surface area (Å²) < 4.78 is 5.62. The topological polar surface area (TPSA) is 41.9 Å². The minimum absolute atomic E-state index is 0.0455. The molecule has 0 unspecified atom stereocenters. The Kier molecular flexibility index (Phi) is 4.92. The van der Waals surface area contributed by atoms with E-state index in [0.717, 1.165) is 22.7 Å². The van der Waals surface area contributed by atoms with Gasteiger partial charge in [-0.1, -0.05) is 6.08 Å². The third-order valence-electron chi connectivity index (χ3n) is 5.19. The Labute approximate surface area is 161 Å². The van der Waals surface area contributed by atoms with Crippen molar-refractivity contribution in [2.45, 2.75) is 33.2 Å². The molecule has 0 saturated heterocycles. The van der Waals surface area contributed by atoms with Crippen molar-refractivity contribution in [3.63, 3.8) is 0 Å². The van der Waals surface area contributed by atoms with Gasteiger partial charge in [-0.05, 0) is 63.6 Å². The number of hydrogen-bond donors (Lipinski definition) is 0. The van der Waals surface area contributed by atoms with Gasteiger partial charge in [-0.3, -0.25) is 9.79 Å². The van der Waals surface area contributed by atoms with E-state index in [1.165, 1.54) is 11.1 Å². The van der Waals surface area contributed by atoms with Gasteiger partial charge in [0.1, 0.15) is 5.75 Å². The van der Waals surface area contributed by atoms with Crippen LogP contribution in [0.15, 0.2) is 47.5 Å². The molecule has 4 heteroatoms. The molecule has 140 valence electrons. The SMILES string of the molecule is COc1cc2c(cc1C=Nc1ccc(C(C)=O)cc1)C(C)=CC(C)(C)N2C. The zero-order valence-electron chi connectivity index (χ0n) is 16.8. The Morgan fingerprint density at radius 2 is 1.85 bits per heavy atom. The standard InChI is InChI=1S/C23H26N2O2/c1-15-13-23(3,4)25(5)21-12-22(27-6)18(11-20(15)21)14-24-19-9-7-17(8-10-19)16(2)26/h7-14H,1-6H3. The minimum atomic E-state index is -0.0455. The minimum Gasteiger partial charge on any atom is -0.496 e. The summed E-state index contributed by atoms with van der Waals surface area (Å²) in [6.45, 7) is 8.10. The van der Waals surface area contributed by atoms with Crippen LogP contribution in [-0.2, 0) is 0 Å². The van der Waals surface area contributed by atoms with Gasteiger partial charge in [0.25, 0.3) is 0 Å². The van der Waals surface area contributed by atoms with Crippen LogP contribution in [0.25, 0.3) is 5.57 Å². The summed E-state index contributed by atoms with van der Waals surface area (Å²) in [5, 5.41) is 0. The number of hydrogen-bond acceptors (Lipinski definition) is 4. The Morgan fingerprint density at radius 3 is 2.44 bits per heavy atom. The van der Waals surface area contributed by atoms with Crippen molar-refractivity contribution in [3.8, 4) is 5.75 Å². The maximum absolute atomic E-state index is 11.4. The number of benzene rings is 2. The van der Waals surface area contributed by atoms with E-state index in [1.54, 1.807) is 26.2 Å². The lowest BCUT2D eigenvalue weighted by Crippen LogP contribution is -2.42. The van der Waals surface area contributed by atoms with Crippen LogP contribution < -0.4 is 9.64 Å². The molecule has 0 N–H and O–H groups in total. The van der Waals surface area contributed by atoms with E-state index in [0.29, 0.717) is 5.56 Å². The van der Waals surface area contributed by atoms with E-state index >= 15 is 0 Å². The lowest BCUT2D eigenvalue weighted by atomic mass is 9.88. The highest BCUT2D eigenvalue weighted by Crippen LogP contribution is 2.40. The molecule has 0 aliphatic carbocycles. The maximum Gasteiger partial charge on any atom is 0.159 e. The second kappa shape index (κ2) is 7.03. The molecule has 27 heavy (non-hydrogen) atoms. The highest BCUT2D eigenvalue weighted by Gasteiger charge is 2.29. The normalized spacial score (nSPS) is 15.5. The molecule has 0 saturated carbocycles. The van der Waals surface area contributed by atoms with E-state index in [2.05, 4.69) is 55.9 Å². The largest absolute Gasteiger partial charge is 0.496 e. The van der Waals surface area contributed by atoms with Crippen LogP contribution in [0.1, 0.15) is 49.2 Å². The monoisotopic (exact) mass is 362 g/mol. The lowest BCUT2D eigenvalue weighted by Gasteiger charge is -2.40. The first-order chi connectivity index (χ1) is 12.7. The predicted octanol–water partition coefficient (Wildman–Crippen LogP) is 5.28. The van der Waals surface area contributed by atoms with Crippen LogP contribution in [0.2, 0.25) is 0 Å². The quantitative estimate of drug-likeness (QED) is 0.549. The first-order valence-corrected chi connectivity index (χ1v) is 9.03. The van der Waals surface area contributed by atoms with Crippen LogP contribution in [0, 0.1) is 0 Å². The summed E-state index contributed by atoms with van der Waals surface area (Å²) in [5.74, 6) is 0.839. The van der Waals surface area contributed by atoms with Gasteiger partial charge in [0, 0.05) is 41.7 Å².